The maximum absolute atomic E-state index is 13.3. The van der Waals surface area contributed by atoms with Crippen LogP contribution in [0.2, 0.25) is 0 Å². The Bertz CT molecular complexity index is 1330. The first-order valence-corrected chi connectivity index (χ1v) is 12.4. The molecule has 41 heavy (non-hydrogen) atoms. The van der Waals surface area contributed by atoms with E-state index in [4.69, 9.17) is 5.73 Å². The highest BCUT2D eigenvalue weighted by Crippen LogP contribution is 2.12. The first-order valence-electron chi connectivity index (χ1n) is 12.4. The van der Waals surface area contributed by atoms with Crippen LogP contribution < -0.4 is 21.7 Å². The highest BCUT2D eigenvalue weighted by molar-refractivity contribution is 5.95. The fourth-order valence-electron chi connectivity index (χ4n) is 3.83. The van der Waals surface area contributed by atoms with Crippen molar-refractivity contribution < 1.29 is 39.3 Å². The summed E-state index contributed by atoms with van der Waals surface area (Å²) >= 11 is 0. The van der Waals surface area contributed by atoms with Crippen molar-refractivity contribution in [2.24, 2.45) is 5.73 Å². The minimum atomic E-state index is -1.68. The van der Waals surface area contributed by atoms with Crippen molar-refractivity contribution in [3.8, 4) is 5.75 Å². The number of amides is 3. The van der Waals surface area contributed by atoms with E-state index in [1.165, 1.54) is 49.3 Å². The van der Waals surface area contributed by atoms with E-state index in [1.54, 1.807) is 0 Å². The van der Waals surface area contributed by atoms with E-state index in [1.807, 2.05) is 0 Å². The number of carboxylic acid groups (broad SMARTS) is 2. The van der Waals surface area contributed by atoms with Crippen molar-refractivity contribution in [3.63, 3.8) is 0 Å². The number of aromatic nitrogens is 4. The summed E-state index contributed by atoms with van der Waals surface area (Å²) < 4.78 is 0. The molecule has 4 unspecified atom stereocenters. The zero-order valence-corrected chi connectivity index (χ0v) is 21.6. The third-order valence-electron chi connectivity index (χ3n) is 5.95. The molecule has 10 N–H and O–H groups in total. The molecule has 218 valence electrons. The molecule has 0 fully saturated rings. The number of rotatable bonds is 15. The predicted molar refractivity (Wildman–Crippen MR) is 140 cm³/mol. The van der Waals surface area contributed by atoms with Gasteiger partial charge in [-0.15, -0.1) is 0 Å². The van der Waals surface area contributed by atoms with Crippen molar-refractivity contribution in [1.29, 1.82) is 0 Å². The number of carbonyl (C=O) groups excluding carboxylic acids is 3. The number of benzene rings is 1. The molecule has 3 rings (SSSR count). The highest BCUT2D eigenvalue weighted by atomic mass is 16.4. The van der Waals surface area contributed by atoms with Crippen LogP contribution in [0.4, 0.5) is 0 Å². The summed E-state index contributed by atoms with van der Waals surface area (Å²) in [7, 11) is 0. The molecule has 16 heteroatoms. The monoisotopic (exact) mass is 570 g/mol. The minimum absolute atomic E-state index is 0.0343. The van der Waals surface area contributed by atoms with Crippen molar-refractivity contribution in [2.45, 2.75) is 49.9 Å². The average Bonchev–Trinajstić information content (AvgIpc) is 3.62. The highest BCUT2D eigenvalue weighted by Gasteiger charge is 2.32. The van der Waals surface area contributed by atoms with Crippen LogP contribution in [0, 0.1) is 0 Å². The number of aromatic amines is 2. The molecule has 3 aromatic rings. The second kappa shape index (κ2) is 14.2. The molecule has 0 saturated heterocycles. The molecule has 2 heterocycles. The van der Waals surface area contributed by atoms with Crippen LogP contribution in [0.3, 0.4) is 0 Å². The first-order chi connectivity index (χ1) is 19.5. The number of H-pyrrole nitrogens is 2. The zero-order valence-electron chi connectivity index (χ0n) is 21.6. The number of aromatic hydroxyl groups is 1. The van der Waals surface area contributed by atoms with E-state index in [2.05, 4.69) is 35.9 Å². The Balaban J connectivity index is 1.73. The Morgan fingerprint density at radius 2 is 1.29 bits per heavy atom. The van der Waals surface area contributed by atoms with Crippen LogP contribution >= 0.6 is 0 Å². The fraction of sp³-hybridized carbons (Fsp3) is 0.320. The number of hydrogen-bond acceptors (Lipinski definition) is 9. The molecule has 0 spiro atoms. The molecule has 3 amide bonds. The normalized spacial score (nSPS) is 13.8. The standard InChI is InChI=1S/C25H30N8O8/c26-17(6-14-9-27-11-29-14)22(37)31-18(7-15-10-28-12-30-15)23(38)32-19(8-21(35)36)24(39)33-20(25(40)41)5-13-1-3-16(34)4-2-13/h1-4,9-12,17-20,34H,5-8,26H2,(H,27,29)(H,28,30)(H,31,37)(H,32,38)(H,33,39)(H,35,36)(H,40,41). The van der Waals surface area contributed by atoms with Crippen LogP contribution in [0.1, 0.15) is 23.4 Å². The third-order valence-corrected chi connectivity index (χ3v) is 5.95. The molecular weight excluding hydrogens is 540 g/mol. The van der Waals surface area contributed by atoms with Crippen LogP contribution in [0.25, 0.3) is 0 Å². The number of carbonyl (C=O) groups is 5. The van der Waals surface area contributed by atoms with Gasteiger partial charge in [0.1, 0.15) is 23.9 Å². The van der Waals surface area contributed by atoms with Gasteiger partial charge in [-0.1, -0.05) is 12.1 Å². The van der Waals surface area contributed by atoms with Crippen molar-refractivity contribution >= 4 is 29.7 Å². The van der Waals surface area contributed by atoms with Gasteiger partial charge in [-0.25, -0.2) is 14.8 Å². The minimum Gasteiger partial charge on any atom is -0.508 e. The number of nitrogens with two attached hydrogens (primary N) is 1. The summed E-state index contributed by atoms with van der Waals surface area (Å²) in [5, 5.41) is 35.5. The first kappa shape index (κ1) is 30.3. The topological polar surface area (TPSA) is 266 Å². The lowest BCUT2D eigenvalue weighted by Crippen LogP contribution is -2.58. The van der Waals surface area contributed by atoms with Gasteiger partial charge in [-0.05, 0) is 17.7 Å². The maximum atomic E-state index is 13.3. The summed E-state index contributed by atoms with van der Waals surface area (Å²) in [5.41, 5.74) is 7.49. The molecule has 0 aliphatic carbocycles. The fourth-order valence-corrected chi connectivity index (χ4v) is 3.83. The molecule has 4 atom stereocenters. The smallest absolute Gasteiger partial charge is 0.326 e. The molecular formula is C25H30N8O8. The van der Waals surface area contributed by atoms with Crippen LogP contribution in [-0.2, 0) is 43.2 Å². The predicted octanol–water partition coefficient (Wildman–Crippen LogP) is -1.79. The number of imidazole rings is 2. The van der Waals surface area contributed by atoms with Crippen molar-refractivity contribution in [3.05, 3.63) is 66.3 Å². The molecule has 0 radical (unpaired) electrons. The van der Waals surface area contributed by atoms with Crippen LogP contribution in [-0.4, -0.2) is 89.1 Å². The number of carboxylic acids is 2. The Morgan fingerprint density at radius 3 is 1.83 bits per heavy atom. The lowest BCUT2D eigenvalue weighted by atomic mass is 10.0. The average molecular weight is 571 g/mol. The number of aliphatic carboxylic acids is 2. The Hall–Kier alpha value is -5.25. The van der Waals surface area contributed by atoms with E-state index in [0.717, 1.165) is 0 Å². The van der Waals surface area contributed by atoms with E-state index in [9.17, 15) is 39.3 Å². The van der Waals surface area contributed by atoms with Gasteiger partial charge >= 0.3 is 11.9 Å². The van der Waals surface area contributed by atoms with Gasteiger partial charge in [0.2, 0.25) is 17.7 Å². The molecule has 0 saturated carbocycles. The van der Waals surface area contributed by atoms with Gasteiger partial charge in [0.15, 0.2) is 0 Å². The maximum Gasteiger partial charge on any atom is 0.326 e. The molecule has 1 aromatic carbocycles. The Labute approximate surface area is 232 Å². The van der Waals surface area contributed by atoms with E-state index < -0.39 is 60.2 Å². The van der Waals surface area contributed by atoms with Crippen LogP contribution in [0.15, 0.2) is 49.3 Å². The number of phenolic OH excluding ortho intramolecular Hbond substituents is 1. The summed E-state index contributed by atoms with van der Waals surface area (Å²) in [5.74, 6) is -5.54. The number of nitrogens with zero attached hydrogens (tertiary/aromatic N) is 2. The number of nitrogens with one attached hydrogen (secondary N) is 5. The van der Waals surface area contributed by atoms with E-state index in [-0.39, 0.29) is 25.0 Å². The Kier molecular flexibility index (Phi) is 10.5. The summed E-state index contributed by atoms with van der Waals surface area (Å²) in [4.78, 5) is 75.7. The van der Waals surface area contributed by atoms with Gasteiger partial charge in [0.25, 0.3) is 0 Å². The summed E-state index contributed by atoms with van der Waals surface area (Å²) in [6, 6.07) is 0.107. The third kappa shape index (κ3) is 9.47. The number of phenols is 1. The van der Waals surface area contributed by atoms with Crippen LogP contribution in [0.5, 0.6) is 5.75 Å². The summed E-state index contributed by atoms with van der Waals surface area (Å²) in [6.45, 7) is 0. The van der Waals surface area contributed by atoms with Gasteiger partial charge < -0.3 is 47.0 Å². The van der Waals surface area contributed by atoms with Gasteiger partial charge in [-0.3, -0.25) is 19.2 Å². The second-order valence-corrected chi connectivity index (χ2v) is 9.16. The molecule has 0 aliphatic rings. The van der Waals surface area contributed by atoms with Crippen molar-refractivity contribution in [2.75, 3.05) is 0 Å². The molecule has 0 bridgehead atoms. The van der Waals surface area contributed by atoms with E-state index in [0.29, 0.717) is 17.0 Å². The van der Waals surface area contributed by atoms with E-state index >= 15 is 0 Å². The lowest BCUT2D eigenvalue weighted by Gasteiger charge is -2.24. The SMILES string of the molecule is NC(Cc1cnc[nH]1)C(=O)NC(Cc1cnc[nH]1)C(=O)NC(CC(=O)O)C(=O)NC(Cc1ccc(O)cc1)C(=O)O. The van der Waals surface area contributed by atoms with Crippen molar-refractivity contribution in [1.82, 2.24) is 35.9 Å². The Morgan fingerprint density at radius 1 is 0.756 bits per heavy atom. The molecule has 16 nitrogen and oxygen atoms in total. The lowest BCUT2D eigenvalue weighted by molar-refractivity contribution is -0.143. The molecule has 2 aromatic heterocycles. The van der Waals surface area contributed by atoms with Gasteiger partial charge in [0, 0.05) is 43.0 Å². The molecule has 0 aliphatic heterocycles. The number of hydrogen-bond donors (Lipinski definition) is 9. The summed E-state index contributed by atoms with van der Waals surface area (Å²) in [6.07, 6.45) is 4.62. The second-order valence-electron chi connectivity index (χ2n) is 9.16. The largest absolute Gasteiger partial charge is 0.508 e. The quantitative estimate of drug-likeness (QED) is 0.0984. The van der Waals surface area contributed by atoms with Gasteiger partial charge in [0.05, 0.1) is 25.1 Å². The van der Waals surface area contributed by atoms with Gasteiger partial charge in [-0.2, -0.15) is 0 Å². The zero-order chi connectivity index (χ0) is 29.9.